The number of aliphatic carboxylic acids is 1. The fraction of sp³-hybridized carbons (Fsp3) is 0.310. The molecule has 0 spiro atoms. The third kappa shape index (κ3) is 4.85. The minimum atomic E-state index is -1.25. The zero-order valence-electron chi connectivity index (χ0n) is 22.5. The number of piperidine rings is 1. The van der Waals surface area contributed by atoms with Crippen molar-refractivity contribution >= 4 is 23.7 Å². The Balaban J connectivity index is 1.35. The first-order valence-corrected chi connectivity index (χ1v) is 13.3. The van der Waals surface area contributed by atoms with Gasteiger partial charge >= 0.3 is 5.97 Å². The molecule has 13 heteroatoms. The molecule has 218 valence electrons. The summed E-state index contributed by atoms with van der Waals surface area (Å²) in [5, 5.41) is 27.4. The standard InChI is InChI=1S/C29H28F2N6O5/c1-36-7-6-34-27(36)18-11-16(37-13-14-8-17(29(39)40)20(37)9-14)3-5-22(18)41-25-19(30)12-35-28(24(25)31)42-23-10-15(26(32)33)2-4-21(23)38/h2-6,10-12,14,17,20,27,38H,7-9,13H2,1H3,(H3,32,33)(H,39,40). The van der Waals surface area contributed by atoms with Crippen molar-refractivity contribution in [2.24, 2.45) is 22.6 Å². The zero-order chi connectivity index (χ0) is 29.7. The summed E-state index contributed by atoms with van der Waals surface area (Å²) in [6, 6.07) is 8.88. The average Bonchev–Trinajstić information content (AvgIpc) is 3.70. The van der Waals surface area contributed by atoms with E-state index in [-0.39, 0.29) is 40.6 Å². The number of rotatable bonds is 8. The highest BCUT2D eigenvalue weighted by Gasteiger charge is 2.48. The number of carboxylic acids is 1. The van der Waals surface area contributed by atoms with E-state index in [0.717, 1.165) is 24.8 Å². The Morgan fingerprint density at radius 3 is 2.64 bits per heavy atom. The summed E-state index contributed by atoms with van der Waals surface area (Å²) in [6.07, 6.45) is 3.43. The van der Waals surface area contributed by atoms with Gasteiger partial charge in [-0.1, -0.05) is 0 Å². The van der Waals surface area contributed by atoms with Crippen LogP contribution in [0, 0.1) is 28.9 Å². The molecule has 6 rings (SSSR count). The molecule has 2 bridgehead atoms. The van der Waals surface area contributed by atoms with Crippen molar-refractivity contribution < 1.29 is 33.3 Å². The van der Waals surface area contributed by atoms with E-state index < -0.39 is 41.3 Å². The first-order chi connectivity index (χ1) is 20.1. The Morgan fingerprint density at radius 1 is 1.14 bits per heavy atom. The van der Waals surface area contributed by atoms with Gasteiger partial charge in [0.15, 0.2) is 17.3 Å². The van der Waals surface area contributed by atoms with Crippen LogP contribution in [-0.4, -0.2) is 64.3 Å². The molecule has 2 fully saturated rings. The fourth-order valence-corrected chi connectivity index (χ4v) is 5.98. The molecule has 3 aliphatic rings. The Kier molecular flexibility index (Phi) is 6.89. The predicted octanol–water partition coefficient (Wildman–Crippen LogP) is 4.25. The Morgan fingerprint density at radius 2 is 1.95 bits per heavy atom. The van der Waals surface area contributed by atoms with Crippen LogP contribution in [0.5, 0.6) is 28.9 Å². The number of amidine groups is 1. The summed E-state index contributed by atoms with van der Waals surface area (Å²) in [5.74, 6) is -5.50. The van der Waals surface area contributed by atoms with Crippen molar-refractivity contribution in [1.82, 2.24) is 9.88 Å². The molecule has 2 aliphatic heterocycles. The number of aromatic hydroxyl groups is 1. The number of phenolic OH excluding ortho intramolecular Hbond substituents is 1. The lowest BCUT2D eigenvalue weighted by Crippen LogP contribution is -2.41. The van der Waals surface area contributed by atoms with Gasteiger partial charge in [0.1, 0.15) is 17.8 Å². The smallest absolute Gasteiger partial charge is 0.308 e. The number of pyridine rings is 1. The van der Waals surface area contributed by atoms with Crippen LogP contribution in [0.1, 0.15) is 30.1 Å². The third-order valence-corrected chi connectivity index (χ3v) is 8.02. The van der Waals surface area contributed by atoms with Crippen LogP contribution in [-0.2, 0) is 4.79 Å². The van der Waals surface area contributed by atoms with Crippen LogP contribution >= 0.6 is 0 Å². The minimum absolute atomic E-state index is 0.135. The molecule has 1 aliphatic carbocycles. The van der Waals surface area contributed by atoms with Gasteiger partial charge in [0.25, 0.3) is 5.88 Å². The number of nitrogens with two attached hydrogens (primary N) is 1. The summed E-state index contributed by atoms with van der Waals surface area (Å²) in [6.45, 7) is 1.28. The molecule has 4 atom stereocenters. The second kappa shape index (κ2) is 10.6. The van der Waals surface area contributed by atoms with Gasteiger partial charge in [-0.05, 0) is 62.2 Å². The molecule has 4 unspecified atom stereocenters. The molecular formula is C29H28F2N6O5. The van der Waals surface area contributed by atoms with Gasteiger partial charge in [-0.15, -0.1) is 0 Å². The molecule has 11 nitrogen and oxygen atoms in total. The van der Waals surface area contributed by atoms with Crippen LogP contribution in [0.25, 0.3) is 0 Å². The van der Waals surface area contributed by atoms with E-state index in [1.165, 1.54) is 18.2 Å². The normalized spacial score (nSPS) is 23.0. The monoisotopic (exact) mass is 578 g/mol. The number of fused-ring (bicyclic) bond motifs is 2. The predicted molar refractivity (Wildman–Crippen MR) is 149 cm³/mol. The summed E-state index contributed by atoms with van der Waals surface area (Å²) < 4.78 is 41.9. The minimum Gasteiger partial charge on any atom is -0.504 e. The topological polar surface area (TPSA) is 158 Å². The Hall–Kier alpha value is -4.78. The Labute approximate surface area is 239 Å². The highest BCUT2D eigenvalue weighted by molar-refractivity contribution is 5.95. The number of halogens is 2. The van der Waals surface area contributed by atoms with E-state index in [2.05, 4.69) is 14.9 Å². The van der Waals surface area contributed by atoms with Gasteiger partial charge in [-0.3, -0.25) is 20.1 Å². The van der Waals surface area contributed by atoms with Crippen molar-refractivity contribution in [1.29, 1.82) is 5.41 Å². The van der Waals surface area contributed by atoms with Crippen molar-refractivity contribution in [3.8, 4) is 28.9 Å². The molecule has 3 aromatic rings. The maximum Gasteiger partial charge on any atom is 0.308 e. The number of aliphatic imine (C=N–C) groups is 1. The molecular weight excluding hydrogens is 550 g/mol. The van der Waals surface area contributed by atoms with Crippen LogP contribution in [0.3, 0.4) is 0 Å². The maximum atomic E-state index is 15.6. The molecule has 3 heterocycles. The van der Waals surface area contributed by atoms with Gasteiger partial charge in [0.05, 0.1) is 12.1 Å². The first kappa shape index (κ1) is 27.4. The molecule has 0 amide bonds. The highest BCUT2D eigenvalue weighted by atomic mass is 19.1. The number of carboxylic acid groups (broad SMARTS) is 1. The third-order valence-electron chi connectivity index (χ3n) is 8.02. The number of nitrogen functional groups attached to an aromatic ring is 1. The van der Waals surface area contributed by atoms with Crippen molar-refractivity contribution in [2.75, 3.05) is 25.0 Å². The summed E-state index contributed by atoms with van der Waals surface area (Å²) in [7, 11) is 1.85. The van der Waals surface area contributed by atoms with E-state index in [1.54, 1.807) is 18.3 Å². The van der Waals surface area contributed by atoms with E-state index in [1.807, 2.05) is 18.0 Å². The quantitative estimate of drug-likeness (QED) is 0.227. The number of anilines is 1. The lowest BCUT2D eigenvalue weighted by Gasteiger charge is -2.34. The number of ether oxygens (including phenoxy) is 2. The van der Waals surface area contributed by atoms with E-state index >= 15 is 4.39 Å². The zero-order valence-corrected chi connectivity index (χ0v) is 22.5. The molecule has 2 aromatic carbocycles. The van der Waals surface area contributed by atoms with Gasteiger partial charge in [-0.25, -0.2) is 9.37 Å². The first-order valence-electron chi connectivity index (χ1n) is 13.3. The summed E-state index contributed by atoms with van der Waals surface area (Å²) >= 11 is 0. The van der Waals surface area contributed by atoms with Gasteiger partial charge in [-0.2, -0.15) is 4.39 Å². The molecule has 5 N–H and O–H groups in total. The molecule has 1 saturated heterocycles. The number of phenols is 1. The van der Waals surface area contributed by atoms with Gasteiger partial charge < -0.3 is 30.3 Å². The van der Waals surface area contributed by atoms with Crippen molar-refractivity contribution in [3.63, 3.8) is 0 Å². The number of benzene rings is 2. The number of nitrogens with one attached hydrogen (secondary N) is 1. The molecule has 42 heavy (non-hydrogen) atoms. The van der Waals surface area contributed by atoms with Crippen LogP contribution in [0.15, 0.2) is 47.6 Å². The largest absolute Gasteiger partial charge is 0.504 e. The van der Waals surface area contributed by atoms with E-state index in [9.17, 15) is 19.4 Å². The lowest BCUT2D eigenvalue weighted by atomic mass is 9.97. The van der Waals surface area contributed by atoms with E-state index in [0.29, 0.717) is 18.5 Å². The number of nitrogens with zero attached hydrogens (tertiary/aromatic N) is 4. The average molecular weight is 579 g/mol. The summed E-state index contributed by atoms with van der Waals surface area (Å²) in [5.41, 5.74) is 7.04. The van der Waals surface area contributed by atoms with Crippen LogP contribution in [0.4, 0.5) is 14.5 Å². The number of hydrogen-bond donors (Lipinski definition) is 4. The molecule has 0 radical (unpaired) electrons. The fourth-order valence-electron chi connectivity index (χ4n) is 5.98. The summed E-state index contributed by atoms with van der Waals surface area (Å²) in [4.78, 5) is 24.0. The lowest BCUT2D eigenvalue weighted by molar-refractivity contribution is -0.142. The van der Waals surface area contributed by atoms with Crippen molar-refractivity contribution in [3.05, 3.63) is 65.4 Å². The highest BCUT2D eigenvalue weighted by Crippen LogP contribution is 2.46. The van der Waals surface area contributed by atoms with E-state index in [4.69, 9.17) is 20.6 Å². The Bertz CT molecular complexity index is 1620. The van der Waals surface area contributed by atoms with Gasteiger partial charge in [0, 0.05) is 42.2 Å². The van der Waals surface area contributed by atoms with Crippen LogP contribution in [0.2, 0.25) is 0 Å². The van der Waals surface area contributed by atoms with Crippen molar-refractivity contribution in [2.45, 2.75) is 25.0 Å². The number of aromatic nitrogens is 1. The second-order valence-corrected chi connectivity index (χ2v) is 10.7. The number of hydrogen-bond acceptors (Lipinski definition) is 9. The second-order valence-electron chi connectivity index (χ2n) is 10.7. The molecule has 1 aromatic heterocycles. The van der Waals surface area contributed by atoms with Crippen LogP contribution < -0.4 is 20.1 Å². The van der Waals surface area contributed by atoms with Gasteiger partial charge in [0.2, 0.25) is 11.6 Å². The molecule has 1 saturated carbocycles. The number of carbonyl (C=O) groups is 1. The maximum absolute atomic E-state index is 15.6. The SMILES string of the molecule is CN1CC=NC1c1cc(N2CC3CC(C(=O)O)C2C3)ccc1Oc1c(F)cnc(Oc2cc(C(=N)N)ccc2O)c1F.